The summed E-state index contributed by atoms with van der Waals surface area (Å²) in [5.41, 5.74) is 1.26. The van der Waals surface area contributed by atoms with Crippen molar-refractivity contribution >= 4 is 33.4 Å². The van der Waals surface area contributed by atoms with Gasteiger partial charge in [-0.25, -0.2) is 0 Å². The molecule has 7 heteroatoms. The van der Waals surface area contributed by atoms with Crippen molar-refractivity contribution in [1.29, 1.82) is 0 Å². The number of carbonyl (C=O) groups excluding carboxylic acids is 1. The molecule has 0 spiro atoms. The van der Waals surface area contributed by atoms with E-state index >= 15 is 0 Å². The standard InChI is InChI=1S/C19H17BrClN3O2/c1-12(2)24(19(25)13-7-3-5-9-15(13)20)11-17-22-23-18(26-17)14-8-4-6-10-16(14)21/h3-10,12H,11H2,1-2H3. The van der Waals surface area contributed by atoms with E-state index in [2.05, 4.69) is 26.1 Å². The predicted molar refractivity (Wildman–Crippen MR) is 104 cm³/mol. The molecule has 134 valence electrons. The maximum Gasteiger partial charge on any atom is 0.255 e. The Kier molecular flexibility index (Phi) is 5.74. The summed E-state index contributed by atoms with van der Waals surface area (Å²) in [7, 11) is 0. The van der Waals surface area contributed by atoms with Crippen molar-refractivity contribution in [3.63, 3.8) is 0 Å². The lowest BCUT2D eigenvalue weighted by molar-refractivity contribution is 0.0671. The maximum absolute atomic E-state index is 12.9. The van der Waals surface area contributed by atoms with Gasteiger partial charge < -0.3 is 9.32 Å². The van der Waals surface area contributed by atoms with Crippen LogP contribution in [0.2, 0.25) is 5.02 Å². The van der Waals surface area contributed by atoms with E-state index < -0.39 is 0 Å². The van der Waals surface area contributed by atoms with Crippen molar-refractivity contribution in [2.24, 2.45) is 0 Å². The van der Waals surface area contributed by atoms with Crippen molar-refractivity contribution in [3.05, 3.63) is 69.5 Å². The summed E-state index contributed by atoms with van der Waals surface area (Å²) < 4.78 is 6.48. The monoisotopic (exact) mass is 433 g/mol. The first-order chi connectivity index (χ1) is 12.5. The molecule has 0 N–H and O–H groups in total. The molecular weight excluding hydrogens is 418 g/mol. The second-order valence-corrected chi connectivity index (χ2v) is 7.25. The number of rotatable bonds is 5. The van der Waals surface area contributed by atoms with Gasteiger partial charge in [-0.1, -0.05) is 35.9 Å². The molecule has 0 aliphatic heterocycles. The molecule has 1 heterocycles. The van der Waals surface area contributed by atoms with Crippen LogP contribution in [0.3, 0.4) is 0 Å². The van der Waals surface area contributed by atoms with Crippen molar-refractivity contribution in [1.82, 2.24) is 15.1 Å². The zero-order valence-corrected chi connectivity index (χ0v) is 16.7. The average molecular weight is 435 g/mol. The van der Waals surface area contributed by atoms with E-state index in [0.29, 0.717) is 27.9 Å². The number of halogens is 2. The van der Waals surface area contributed by atoms with Gasteiger partial charge in [-0.05, 0) is 54.0 Å². The summed E-state index contributed by atoms with van der Waals surface area (Å²) in [5.74, 6) is 0.585. The quantitative estimate of drug-likeness (QED) is 0.553. The largest absolute Gasteiger partial charge is 0.419 e. The molecule has 1 aromatic heterocycles. The molecule has 0 radical (unpaired) electrons. The van der Waals surface area contributed by atoms with Crippen LogP contribution < -0.4 is 0 Å². The molecule has 0 bridgehead atoms. The molecule has 5 nitrogen and oxygen atoms in total. The summed E-state index contributed by atoms with van der Waals surface area (Å²) >= 11 is 9.60. The Morgan fingerprint density at radius 3 is 2.54 bits per heavy atom. The highest BCUT2D eigenvalue weighted by atomic mass is 79.9. The molecule has 3 rings (SSSR count). The van der Waals surface area contributed by atoms with Crippen molar-refractivity contribution in [2.45, 2.75) is 26.4 Å². The molecule has 0 atom stereocenters. The van der Waals surface area contributed by atoms with Crippen LogP contribution in [0.5, 0.6) is 0 Å². The van der Waals surface area contributed by atoms with Gasteiger partial charge in [-0.3, -0.25) is 4.79 Å². The van der Waals surface area contributed by atoms with E-state index in [4.69, 9.17) is 16.0 Å². The molecule has 2 aromatic carbocycles. The molecular formula is C19H17BrClN3O2. The minimum Gasteiger partial charge on any atom is -0.419 e. The number of nitrogens with zero attached hydrogens (tertiary/aromatic N) is 3. The van der Waals surface area contributed by atoms with Gasteiger partial charge >= 0.3 is 0 Å². The van der Waals surface area contributed by atoms with Crippen LogP contribution in [-0.2, 0) is 6.54 Å². The Morgan fingerprint density at radius 2 is 1.85 bits per heavy atom. The summed E-state index contributed by atoms with van der Waals surface area (Å²) in [6, 6.07) is 14.5. The summed E-state index contributed by atoms with van der Waals surface area (Å²) in [4.78, 5) is 14.6. The molecule has 0 aliphatic carbocycles. The van der Waals surface area contributed by atoms with Crippen molar-refractivity contribution in [3.8, 4) is 11.5 Å². The van der Waals surface area contributed by atoms with Crippen LogP contribution in [0.25, 0.3) is 11.5 Å². The van der Waals surface area contributed by atoms with Crippen molar-refractivity contribution < 1.29 is 9.21 Å². The fourth-order valence-corrected chi connectivity index (χ4v) is 3.16. The number of hydrogen-bond acceptors (Lipinski definition) is 4. The smallest absolute Gasteiger partial charge is 0.255 e. The van der Waals surface area contributed by atoms with Gasteiger partial charge in [0, 0.05) is 10.5 Å². The van der Waals surface area contributed by atoms with E-state index in [1.54, 1.807) is 17.0 Å². The van der Waals surface area contributed by atoms with E-state index in [1.807, 2.05) is 50.2 Å². The van der Waals surface area contributed by atoms with Crippen molar-refractivity contribution in [2.75, 3.05) is 0 Å². The third kappa shape index (κ3) is 3.97. The molecule has 0 fully saturated rings. The van der Waals surface area contributed by atoms with E-state index in [0.717, 1.165) is 4.47 Å². The zero-order valence-electron chi connectivity index (χ0n) is 14.3. The van der Waals surface area contributed by atoms with E-state index in [-0.39, 0.29) is 18.5 Å². The van der Waals surface area contributed by atoms with Crippen LogP contribution in [0.15, 0.2) is 57.4 Å². The van der Waals surface area contributed by atoms with Crippen LogP contribution in [0, 0.1) is 0 Å². The number of hydrogen-bond donors (Lipinski definition) is 0. The van der Waals surface area contributed by atoms with Crippen LogP contribution in [0.4, 0.5) is 0 Å². The lowest BCUT2D eigenvalue weighted by atomic mass is 10.1. The summed E-state index contributed by atoms with van der Waals surface area (Å²) in [5, 5.41) is 8.67. The topological polar surface area (TPSA) is 59.2 Å². The van der Waals surface area contributed by atoms with Crippen LogP contribution in [0.1, 0.15) is 30.1 Å². The maximum atomic E-state index is 12.9. The Hall–Kier alpha value is -2.18. The SMILES string of the molecule is CC(C)N(Cc1nnc(-c2ccccc2Cl)o1)C(=O)c1ccccc1Br. The van der Waals surface area contributed by atoms with Crippen LogP contribution in [-0.4, -0.2) is 27.0 Å². The fraction of sp³-hybridized carbons (Fsp3) is 0.211. The third-order valence-corrected chi connectivity index (χ3v) is 4.89. The average Bonchev–Trinajstić information content (AvgIpc) is 3.08. The summed E-state index contributed by atoms with van der Waals surface area (Å²) in [6.07, 6.45) is 0. The summed E-state index contributed by atoms with van der Waals surface area (Å²) in [6.45, 7) is 4.11. The van der Waals surface area contributed by atoms with E-state index in [1.165, 1.54) is 0 Å². The highest BCUT2D eigenvalue weighted by Crippen LogP contribution is 2.27. The first-order valence-electron chi connectivity index (χ1n) is 8.10. The minimum atomic E-state index is -0.107. The second kappa shape index (κ2) is 8.01. The van der Waals surface area contributed by atoms with Crippen LogP contribution >= 0.6 is 27.5 Å². The number of aromatic nitrogens is 2. The Morgan fingerprint density at radius 1 is 1.15 bits per heavy atom. The minimum absolute atomic E-state index is 0.0368. The second-order valence-electron chi connectivity index (χ2n) is 5.99. The first kappa shape index (κ1) is 18.6. The normalized spacial score (nSPS) is 11.0. The highest BCUT2D eigenvalue weighted by molar-refractivity contribution is 9.10. The molecule has 0 saturated carbocycles. The molecule has 26 heavy (non-hydrogen) atoms. The fourth-order valence-electron chi connectivity index (χ4n) is 2.48. The molecule has 0 aliphatic rings. The zero-order chi connectivity index (χ0) is 18.7. The molecule has 0 saturated heterocycles. The number of amides is 1. The molecule has 3 aromatic rings. The van der Waals surface area contributed by atoms with Gasteiger partial charge in [0.15, 0.2) is 0 Å². The number of benzene rings is 2. The first-order valence-corrected chi connectivity index (χ1v) is 9.27. The Balaban J connectivity index is 1.85. The van der Waals surface area contributed by atoms with E-state index in [9.17, 15) is 4.79 Å². The molecule has 0 unspecified atom stereocenters. The third-order valence-electron chi connectivity index (χ3n) is 3.87. The molecule has 1 amide bonds. The van der Waals surface area contributed by atoms with Gasteiger partial charge in [0.25, 0.3) is 5.91 Å². The van der Waals surface area contributed by atoms with Gasteiger partial charge in [-0.15, -0.1) is 10.2 Å². The Labute approximate surface area is 165 Å². The van der Waals surface area contributed by atoms with Gasteiger partial charge in [0.05, 0.1) is 22.7 Å². The lowest BCUT2D eigenvalue weighted by Crippen LogP contribution is -2.36. The predicted octanol–water partition coefficient (Wildman–Crippen LogP) is 5.20. The lowest BCUT2D eigenvalue weighted by Gasteiger charge is -2.25. The van der Waals surface area contributed by atoms with Gasteiger partial charge in [0.1, 0.15) is 0 Å². The van der Waals surface area contributed by atoms with Gasteiger partial charge in [-0.2, -0.15) is 0 Å². The number of carbonyl (C=O) groups is 1. The highest BCUT2D eigenvalue weighted by Gasteiger charge is 2.23. The Bertz CT molecular complexity index is 926. The van der Waals surface area contributed by atoms with Gasteiger partial charge in [0.2, 0.25) is 11.8 Å².